The summed E-state index contributed by atoms with van der Waals surface area (Å²) in [7, 11) is 0. The van der Waals surface area contributed by atoms with E-state index in [1.54, 1.807) is 28.8 Å². The van der Waals surface area contributed by atoms with Crippen molar-refractivity contribution in [1.29, 1.82) is 0 Å². The molecule has 1 aromatic heterocycles. The molecular formula is C26H23F3N4O2. The normalized spacial score (nSPS) is 11.4. The zero-order valence-corrected chi connectivity index (χ0v) is 18.7. The molecule has 4 rings (SSSR count). The summed E-state index contributed by atoms with van der Waals surface area (Å²) >= 11 is 0. The van der Waals surface area contributed by atoms with Gasteiger partial charge in [-0.05, 0) is 48.9 Å². The van der Waals surface area contributed by atoms with Crippen molar-refractivity contribution in [2.75, 3.05) is 11.9 Å². The molecule has 0 aliphatic heterocycles. The number of aryl methyl sites for hydroxylation is 1. The van der Waals surface area contributed by atoms with Crippen molar-refractivity contribution in [3.8, 4) is 0 Å². The Bertz CT molecular complexity index is 1330. The first-order chi connectivity index (χ1) is 16.8. The lowest BCUT2D eigenvalue weighted by Crippen LogP contribution is -2.25. The van der Waals surface area contributed by atoms with Crippen molar-refractivity contribution in [3.63, 3.8) is 0 Å². The fourth-order valence-corrected chi connectivity index (χ4v) is 3.75. The Kier molecular flexibility index (Phi) is 7.14. The number of alkyl halides is 3. The molecule has 3 aromatic carbocycles. The van der Waals surface area contributed by atoms with Crippen LogP contribution in [0.4, 0.5) is 18.9 Å². The van der Waals surface area contributed by atoms with E-state index in [0.717, 1.165) is 17.6 Å². The van der Waals surface area contributed by atoms with Gasteiger partial charge in [-0.25, -0.2) is 4.98 Å². The molecule has 0 spiro atoms. The highest BCUT2D eigenvalue weighted by Crippen LogP contribution is 2.30. The summed E-state index contributed by atoms with van der Waals surface area (Å²) in [5, 5.41) is 5.41. The number of para-hydroxylation sites is 2. The smallest absolute Gasteiger partial charge is 0.352 e. The number of rotatable bonds is 8. The number of imidazole rings is 1. The summed E-state index contributed by atoms with van der Waals surface area (Å²) in [4.78, 5) is 29.5. The Morgan fingerprint density at radius 3 is 2.43 bits per heavy atom. The van der Waals surface area contributed by atoms with Gasteiger partial charge < -0.3 is 15.2 Å². The second-order valence-corrected chi connectivity index (χ2v) is 7.96. The second kappa shape index (κ2) is 10.4. The van der Waals surface area contributed by atoms with E-state index in [-0.39, 0.29) is 18.1 Å². The third kappa shape index (κ3) is 6.06. The standard InChI is InChI=1S/C26H23F3N4O2/c27-26(28,29)19-10-6-11-20(16-19)31-24(34)17-33-22-13-5-4-12-21(22)32-23(33)14-7-15-30-25(35)18-8-2-1-3-9-18/h1-6,8-13,16H,7,14-15,17H2,(H,30,35)(H,31,34). The van der Waals surface area contributed by atoms with Gasteiger partial charge in [-0.3, -0.25) is 9.59 Å². The predicted octanol–water partition coefficient (Wildman–Crippen LogP) is 5.06. The number of halogens is 3. The molecule has 4 aromatic rings. The van der Waals surface area contributed by atoms with E-state index >= 15 is 0 Å². The number of hydrogen-bond acceptors (Lipinski definition) is 3. The van der Waals surface area contributed by atoms with Crippen molar-refractivity contribution in [1.82, 2.24) is 14.9 Å². The Balaban J connectivity index is 1.43. The van der Waals surface area contributed by atoms with Crippen LogP contribution in [0.25, 0.3) is 11.0 Å². The van der Waals surface area contributed by atoms with Crippen LogP contribution in [0.5, 0.6) is 0 Å². The summed E-state index contributed by atoms with van der Waals surface area (Å²) in [5.74, 6) is 0.0185. The first-order valence-corrected chi connectivity index (χ1v) is 11.1. The molecule has 0 atom stereocenters. The topological polar surface area (TPSA) is 76.0 Å². The van der Waals surface area contributed by atoms with E-state index in [1.165, 1.54) is 12.1 Å². The zero-order valence-electron chi connectivity index (χ0n) is 18.7. The van der Waals surface area contributed by atoms with Crippen LogP contribution in [0.15, 0.2) is 78.9 Å². The van der Waals surface area contributed by atoms with Crippen LogP contribution in [-0.2, 0) is 23.9 Å². The van der Waals surface area contributed by atoms with Gasteiger partial charge in [0, 0.05) is 24.2 Å². The largest absolute Gasteiger partial charge is 0.416 e. The summed E-state index contributed by atoms with van der Waals surface area (Å²) in [6.45, 7) is 0.315. The van der Waals surface area contributed by atoms with Gasteiger partial charge in [-0.1, -0.05) is 36.4 Å². The maximum atomic E-state index is 13.0. The number of amides is 2. The van der Waals surface area contributed by atoms with Crippen LogP contribution in [0, 0.1) is 0 Å². The zero-order chi connectivity index (χ0) is 24.8. The molecule has 0 fully saturated rings. The fourth-order valence-electron chi connectivity index (χ4n) is 3.75. The fraction of sp³-hybridized carbons (Fsp3) is 0.192. The number of carbonyl (C=O) groups excluding carboxylic acids is 2. The SMILES string of the molecule is O=C(Cn1c(CCCNC(=O)c2ccccc2)nc2ccccc21)Nc1cccc(C(F)(F)F)c1. The number of nitrogens with zero attached hydrogens (tertiary/aromatic N) is 2. The van der Waals surface area contributed by atoms with Crippen LogP contribution < -0.4 is 10.6 Å². The molecule has 0 saturated heterocycles. The summed E-state index contributed by atoms with van der Waals surface area (Å²) in [6, 6.07) is 20.7. The van der Waals surface area contributed by atoms with Gasteiger partial charge in [0.2, 0.25) is 5.91 Å². The van der Waals surface area contributed by atoms with Gasteiger partial charge in [0.1, 0.15) is 12.4 Å². The minimum atomic E-state index is -4.50. The van der Waals surface area contributed by atoms with Gasteiger partial charge in [0.05, 0.1) is 16.6 Å². The number of anilines is 1. The molecule has 0 unspecified atom stereocenters. The van der Waals surface area contributed by atoms with Crippen molar-refractivity contribution in [2.45, 2.75) is 25.6 Å². The number of aromatic nitrogens is 2. The highest BCUT2D eigenvalue weighted by atomic mass is 19.4. The molecule has 2 N–H and O–H groups in total. The van der Waals surface area contributed by atoms with Gasteiger partial charge >= 0.3 is 6.18 Å². The van der Waals surface area contributed by atoms with Crippen molar-refractivity contribution < 1.29 is 22.8 Å². The first kappa shape index (κ1) is 24.0. The predicted molar refractivity (Wildman–Crippen MR) is 127 cm³/mol. The van der Waals surface area contributed by atoms with Crippen molar-refractivity contribution >= 4 is 28.5 Å². The molecule has 0 aliphatic rings. The lowest BCUT2D eigenvalue weighted by Gasteiger charge is -2.12. The molecule has 180 valence electrons. The van der Waals surface area contributed by atoms with Crippen molar-refractivity contribution in [3.05, 3.63) is 95.8 Å². The van der Waals surface area contributed by atoms with E-state index in [1.807, 2.05) is 30.3 Å². The Labute approximate surface area is 199 Å². The quantitative estimate of drug-likeness (QED) is 0.346. The third-order valence-corrected chi connectivity index (χ3v) is 5.41. The third-order valence-electron chi connectivity index (χ3n) is 5.41. The maximum Gasteiger partial charge on any atom is 0.416 e. The summed E-state index contributed by atoms with van der Waals surface area (Å²) in [6.07, 6.45) is -3.40. The molecule has 35 heavy (non-hydrogen) atoms. The molecule has 0 saturated carbocycles. The summed E-state index contributed by atoms with van der Waals surface area (Å²) < 4.78 is 40.7. The van der Waals surface area contributed by atoms with Gasteiger partial charge in [-0.2, -0.15) is 13.2 Å². The second-order valence-electron chi connectivity index (χ2n) is 7.96. The van der Waals surface area contributed by atoms with E-state index in [0.29, 0.717) is 36.3 Å². The Morgan fingerprint density at radius 2 is 1.66 bits per heavy atom. The minimum Gasteiger partial charge on any atom is -0.352 e. The number of benzene rings is 3. The Morgan fingerprint density at radius 1 is 0.914 bits per heavy atom. The average Bonchev–Trinajstić information content (AvgIpc) is 3.19. The van der Waals surface area contributed by atoms with Gasteiger partial charge in [-0.15, -0.1) is 0 Å². The molecular weight excluding hydrogens is 457 g/mol. The molecule has 0 bridgehead atoms. The molecule has 1 heterocycles. The maximum absolute atomic E-state index is 13.0. The molecule has 0 radical (unpaired) electrons. The van der Waals surface area contributed by atoms with Gasteiger partial charge in [0.15, 0.2) is 0 Å². The number of carbonyl (C=O) groups is 2. The number of nitrogens with one attached hydrogen (secondary N) is 2. The van der Waals surface area contributed by atoms with Crippen LogP contribution >= 0.6 is 0 Å². The average molecular weight is 480 g/mol. The van der Waals surface area contributed by atoms with E-state index in [2.05, 4.69) is 15.6 Å². The molecule has 9 heteroatoms. The lowest BCUT2D eigenvalue weighted by molar-refractivity contribution is -0.137. The van der Waals surface area contributed by atoms with Gasteiger partial charge in [0.25, 0.3) is 5.91 Å². The number of fused-ring (bicyclic) bond motifs is 1. The van der Waals surface area contributed by atoms with E-state index < -0.39 is 17.6 Å². The molecule has 6 nitrogen and oxygen atoms in total. The Hall–Kier alpha value is -4.14. The van der Waals surface area contributed by atoms with Crippen molar-refractivity contribution in [2.24, 2.45) is 0 Å². The molecule has 2 amide bonds. The van der Waals surface area contributed by atoms with E-state index in [4.69, 9.17) is 0 Å². The van der Waals surface area contributed by atoms with Crippen LogP contribution in [0.1, 0.15) is 28.2 Å². The monoisotopic (exact) mass is 480 g/mol. The highest BCUT2D eigenvalue weighted by molar-refractivity contribution is 5.94. The van der Waals surface area contributed by atoms with Crippen LogP contribution in [0.2, 0.25) is 0 Å². The minimum absolute atomic E-state index is 0.0689. The van der Waals surface area contributed by atoms with Crippen LogP contribution in [0.3, 0.4) is 0 Å². The lowest BCUT2D eigenvalue weighted by atomic mass is 10.2. The summed E-state index contributed by atoms with van der Waals surface area (Å²) in [5.41, 5.74) is 1.27. The first-order valence-electron chi connectivity index (χ1n) is 11.1. The molecule has 0 aliphatic carbocycles. The number of hydrogen-bond donors (Lipinski definition) is 2. The highest BCUT2D eigenvalue weighted by Gasteiger charge is 2.30. The van der Waals surface area contributed by atoms with E-state index in [9.17, 15) is 22.8 Å². The van der Waals surface area contributed by atoms with Crippen LogP contribution in [-0.4, -0.2) is 27.9 Å².